The van der Waals surface area contributed by atoms with Crippen LogP contribution < -0.4 is 5.32 Å². The second-order valence-corrected chi connectivity index (χ2v) is 7.81. The molecule has 12 heteroatoms. The molecule has 162 valence electrons. The third-order valence-corrected chi connectivity index (χ3v) is 3.53. The van der Waals surface area contributed by atoms with Crippen LogP contribution in [0.25, 0.3) is 0 Å². The first-order chi connectivity index (χ1) is 13.1. The van der Waals surface area contributed by atoms with Gasteiger partial charge in [0, 0.05) is 25.7 Å². The average Bonchev–Trinajstić information content (AvgIpc) is 3.03. The van der Waals surface area contributed by atoms with E-state index in [-0.39, 0.29) is 30.7 Å². The van der Waals surface area contributed by atoms with Gasteiger partial charge in [-0.05, 0) is 34.6 Å². The zero-order valence-corrected chi connectivity index (χ0v) is 16.9. The molecule has 2 N–H and O–H groups in total. The Hall–Kier alpha value is -3.02. The molecule has 2 fully saturated rings. The number of hydrogen-bond acceptors (Lipinski definition) is 9. The van der Waals surface area contributed by atoms with Gasteiger partial charge >= 0.3 is 12.1 Å². The maximum absolute atomic E-state index is 12.0. The smallest absolute Gasteiger partial charge is 0.408 e. The fourth-order valence-corrected chi connectivity index (χ4v) is 2.03. The van der Waals surface area contributed by atoms with Crippen LogP contribution in [0.2, 0.25) is 0 Å². The van der Waals surface area contributed by atoms with Crippen molar-refractivity contribution in [1.82, 2.24) is 15.4 Å². The molecule has 0 spiro atoms. The summed E-state index contributed by atoms with van der Waals surface area (Å²) >= 11 is 0. The summed E-state index contributed by atoms with van der Waals surface area (Å²) in [6.07, 6.45) is -0.494. The van der Waals surface area contributed by atoms with Gasteiger partial charge in [0.1, 0.15) is 11.1 Å². The van der Waals surface area contributed by atoms with Crippen molar-refractivity contribution in [3.05, 3.63) is 0 Å². The lowest BCUT2D eigenvalue weighted by Crippen LogP contribution is -2.53. The molecule has 0 bridgehead atoms. The van der Waals surface area contributed by atoms with E-state index in [1.54, 1.807) is 20.8 Å². The number of ether oxygens (including phenoxy) is 1. The minimum Gasteiger partial charge on any atom is -0.444 e. The summed E-state index contributed by atoms with van der Waals surface area (Å²) in [5.74, 6) is -3.11. The first kappa shape index (κ1) is 24.0. The fraction of sp³-hybridized carbons (Fsp3) is 0.647. The molecule has 0 saturated carbocycles. The van der Waals surface area contributed by atoms with Crippen LogP contribution in [-0.2, 0) is 33.5 Å². The summed E-state index contributed by atoms with van der Waals surface area (Å²) in [7, 11) is 0. The third kappa shape index (κ3) is 7.14. The van der Waals surface area contributed by atoms with Gasteiger partial charge in [-0.2, -0.15) is 5.06 Å². The Morgan fingerprint density at radius 2 is 1.28 bits per heavy atom. The molecule has 0 aromatic rings. The monoisotopic (exact) mass is 415 g/mol. The highest BCUT2D eigenvalue weighted by Gasteiger charge is 2.39. The number of imide groups is 2. The van der Waals surface area contributed by atoms with Crippen molar-refractivity contribution in [3.8, 4) is 0 Å². The van der Waals surface area contributed by atoms with Gasteiger partial charge in [0.05, 0.1) is 0 Å². The third-order valence-electron chi connectivity index (χ3n) is 3.53. The van der Waals surface area contributed by atoms with E-state index >= 15 is 0 Å². The summed E-state index contributed by atoms with van der Waals surface area (Å²) in [5, 5.41) is 11.3. The summed E-state index contributed by atoms with van der Waals surface area (Å²) in [6.45, 7) is 7.80. The van der Waals surface area contributed by atoms with E-state index in [1.165, 1.54) is 13.8 Å². The molecule has 2 aliphatic rings. The molecule has 0 radical (unpaired) electrons. The maximum atomic E-state index is 12.0. The van der Waals surface area contributed by atoms with Crippen LogP contribution in [0.15, 0.2) is 0 Å². The predicted octanol–water partition coefficient (Wildman–Crippen LogP) is 0.422. The van der Waals surface area contributed by atoms with Gasteiger partial charge in [-0.15, -0.1) is 5.06 Å². The highest BCUT2D eigenvalue weighted by molar-refractivity contribution is 6.02. The van der Waals surface area contributed by atoms with E-state index in [0.717, 1.165) is 0 Å². The minimum atomic E-state index is -1.45. The van der Waals surface area contributed by atoms with Crippen molar-refractivity contribution in [3.63, 3.8) is 0 Å². The van der Waals surface area contributed by atoms with Crippen molar-refractivity contribution in [2.45, 2.75) is 71.4 Å². The predicted molar refractivity (Wildman–Crippen MR) is 93.5 cm³/mol. The molecule has 12 nitrogen and oxygen atoms in total. The van der Waals surface area contributed by atoms with Crippen LogP contribution in [-0.4, -0.2) is 62.2 Å². The lowest BCUT2D eigenvalue weighted by molar-refractivity contribution is -0.201. The molecule has 0 aromatic heterocycles. The number of nitrogens with one attached hydrogen (secondary N) is 1. The van der Waals surface area contributed by atoms with E-state index in [0.29, 0.717) is 5.06 Å². The molecule has 29 heavy (non-hydrogen) atoms. The molecule has 0 aromatic carbocycles. The standard InChI is InChI=1S/C13H20N2O6.C4H5NO3/c1-12(2,3)20-11(19)14-13(4,5)10(18)21-15-8(16)6-7-9(15)17;6-3-1-2-4(7)5(3)8/h6-7H2,1-5H3,(H,14,19);8H,1-2H2. The Labute approximate surface area is 167 Å². The largest absolute Gasteiger partial charge is 0.444 e. The number of hydroxylamine groups is 4. The number of amides is 5. The quantitative estimate of drug-likeness (QED) is 0.492. The van der Waals surface area contributed by atoms with Gasteiger partial charge < -0.3 is 14.9 Å². The van der Waals surface area contributed by atoms with Crippen molar-refractivity contribution in [2.75, 3.05) is 0 Å². The van der Waals surface area contributed by atoms with Gasteiger partial charge in [0.2, 0.25) is 0 Å². The topological polar surface area (TPSA) is 160 Å². The van der Waals surface area contributed by atoms with Crippen LogP contribution in [0.3, 0.4) is 0 Å². The normalized spacial score (nSPS) is 17.2. The summed E-state index contributed by atoms with van der Waals surface area (Å²) < 4.78 is 5.03. The average molecular weight is 415 g/mol. The summed E-state index contributed by atoms with van der Waals surface area (Å²) in [6, 6.07) is 0. The van der Waals surface area contributed by atoms with E-state index in [9.17, 15) is 28.8 Å². The lowest BCUT2D eigenvalue weighted by Gasteiger charge is -2.27. The number of rotatable bonds is 3. The van der Waals surface area contributed by atoms with Crippen LogP contribution >= 0.6 is 0 Å². The number of alkyl carbamates (subject to hydrolysis) is 1. The molecule has 2 aliphatic heterocycles. The van der Waals surface area contributed by atoms with Gasteiger partial charge in [0.25, 0.3) is 23.6 Å². The molecule has 0 aliphatic carbocycles. The molecule has 2 heterocycles. The first-order valence-corrected chi connectivity index (χ1v) is 8.78. The SMILES string of the molecule is CC(C)(C)OC(=O)NC(C)(C)C(=O)ON1C(=O)CCC1=O.O=C1CCC(=O)N1O. The first-order valence-electron chi connectivity index (χ1n) is 8.78. The maximum Gasteiger partial charge on any atom is 0.408 e. The fourth-order valence-electron chi connectivity index (χ4n) is 2.03. The van der Waals surface area contributed by atoms with E-state index in [4.69, 9.17) is 14.8 Å². The zero-order valence-electron chi connectivity index (χ0n) is 16.9. The summed E-state index contributed by atoms with van der Waals surface area (Å²) in [4.78, 5) is 71.6. The minimum absolute atomic E-state index is 0.00599. The molecular formula is C17H25N3O9. The molecule has 2 rings (SSSR count). The van der Waals surface area contributed by atoms with E-state index < -0.39 is 46.8 Å². The van der Waals surface area contributed by atoms with Crippen molar-refractivity contribution < 1.29 is 43.5 Å². The van der Waals surface area contributed by atoms with Crippen LogP contribution in [0.4, 0.5) is 4.79 Å². The van der Waals surface area contributed by atoms with E-state index in [2.05, 4.69) is 5.32 Å². The molecule has 0 atom stereocenters. The Bertz CT molecular complexity index is 692. The van der Waals surface area contributed by atoms with Gasteiger partial charge in [0.15, 0.2) is 0 Å². The Kier molecular flexibility index (Phi) is 7.44. The number of carbonyl (C=O) groups excluding carboxylic acids is 6. The number of nitrogens with zero attached hydrogens (tertiary/aromatic N) is 2. The highest BCUT2D eigenvalue weighted by atomic mass is 16.7. The van der Waals surface area contributed by atoms with Crippen molar-refractivity contribution in [1.29, 1.82) is 0 Å². The second kappa shape index (κ2) is 8.99. The second-order valence-electron chi connectivity index (χ2n) is 7.81. The lowest BCUT2D eigenvalue weighted by atomic mass is 10.1. The van der Waals surface area contributed by atoms with Crippen molar-refractivity contribution >= 4 is 35.7 Å². The summed E-state index contributed by atoms with van der Waals surface area (Å²) in [5.41, 5.74) is -2.17. The Morgan fingerprint density at radius 1 is 0.862 bits per heavy atom. The van der Waals surface area contributed by atoms with Crippen LogP contribution in [0.5, 0.6) is 0 Å². The molecular weight excluding hydrogens is 390 g/mol. The number of hydrogen-bond donors (Lipinski definition) is 2. The molecule has 5 amide bonds. The van der Waals surface area contributed by atoms with Gasteiger partial charge in [-0.3, -0.25) is 24.4 Å². The molecule has 0 unspecified atom stereocenters. The van der Waals surface area contributed by atoms with Crippen LogP contribution in [0, 0.1) is 0 Å². The van der Waals surface area contributed by atoms with Crippen molar-refractivity contribution in [2.24, 2.45) is 0 Å². The number of carbonyl (C=O) groups is 6. The Morgan fingerprint density at radius 3 is 1.62 bits per heavy atom. The van der Waals surface area contributed by atoms with Gasteiger partial charge in [-0.25, -0.2) is 9.59 Å². The highest BCUT2D eigenvalue weighted by Crippen LogP contribution is 2.16. The van der Waals surface area contributed by atoms with E-state index in [1.807, 2.05) is 0 Å². The van der Waals surface area contributed by atoms with Gasteiger partial charge in [-0.1, -0.05) is 0 Å². The zero-order chi connectivity index (χ0) is 22.6. The molecule has 2 saturated heterocycles. The van der Waals surface area contributed by atoms with Crippen LogP contribution in [0.1, 0.15) is 60.3 Å². The Balaban J connectivity index is 0.000000436.